The molecule has 2 N–H and O–H groups in total. The highest BCUT2D eigenvalue weighted by Crippen LogP contribution is 1.86. The van der Waals surface area contributed by atoms with E-state index in [1.165, 1.54) is 0 Å². The van der Waals surface area contributed by atoms with Gasteiger partial charge in [-0.25, -0.2) is 0 Å². The minimum Gasteiger partial charge on any atom is -0.292 e. The van der Waals surface area contributed by atoms with Gasteiger partial charge in [-0.2, -0.15) is 0 Å². The summed E-state index contributed by atoms with van der Waals surface area (Å²) in [6.45, 7) is 1.71. The van der Waals surface area contributed by atoms with Crippen molar-refractivity contribution in [2.24, 2.45) is 0 Å². The van der Waals surface area contributed by atoms with Crippen molar-refractivity contribution in [2.45, 2.75) is 13.3 Å². The van der Waals surface area contributed by atoms with E-state index in [1.807, 2.05) is 0 Å². The maximum atomic E-state index is 10.5. The molecule has 0 heterocycles. The van der Waals surface area contributed by atoms with Crippen LogP contribution in [0.1, 0.15) is 13.3 Å². The summed E-state index contributed by atoms with van der Waals surface area (Å²) in [4.78, 5) is 20.5. The normalized spacial score (nSPS) is 8.50. The third-order valence-corrected chi connectivity index (χ3v) is 1.27. The van der Waals surface area contributed by atoms with E-state index in [1.54, 1.807) is 6.92 Å². The standard InChI is InChI=1S/C4H7BN2O2S/c1-2-3(8)6-10-7-4(5)9/h2H2,1H3,(H,6,8)(H,7,9). The lowest BCUT2D eigenvalue weighted by Gasteiger charge is -2.00. The van der Waals surface area contributed by atoms with Crippen molar-refractivity contribution in [3.63, 3.8) is 0 Å². The third kappa shape index (κ3) is 5.49. The average molecular weight is 158 g/mol. The van der Waals surface area contributed by atoms with Crippen LogP contribution >= 0.6 is 12.1 Å². The van der Waals surface area contributed by atoms with Crippen LogP contribution in [0.4, 0.5) is 4.79 Å². The maximum Gasteiger partial charge on any atom is 0.230 e. The zero-order valence-corrected chi connectivity index (χ0v) is 6.33. The van der Waals surface area contributed by atoms with Crippen LogP contribution in [0.5, 0.6) is 0 Å². The van der Waals surface area contributed by atoms with Gasteiger partial charge in [-0.05, 0) is 0 Å². The van der Waals surface area contributed by atoms with Gasteiger partial charge in [-0.15, -0.1) is 0 Å². The van der Waals surface area contributed by atoms with Crippen LogP contribution in [0.15, 0.2) is 0 Å². The van der Waals surface area contributed by atoms with E-state index in [2.05, 4.69) is 9.44 Å². The van der Waals surface area contributed by atoms with E-state index in [-0.39, 0.29) is 5.91 Å². The lowest BCUT2D eigenvalue weighted by Crippen LogP contribution is -2.23. The van der Waals surface area contributed by atoms with Gasteiger partial charge in [0.15, 0.2) is 5.81 Å². The summed E-state index contributed by atoms with van der Waals surface area (Å²) in [7, 11) is 4.70. The molecule has 10 heavy (non-hydrogen) atoms. The van der Waals surface area contributed by atoms with Crippen LogP contribution in [0.3, 0.4) is 0 Å². The highest BCUT2D eigenvalue weighted by atomic mass is 32.2. The summed E-state index contributed by atoms with van der Waals surface area (Å²) in [5, 5.41) is 0. The van der Waals surface area contributed by atoms with E-state index < -0.39 is 5.81 Å². The Morgan fingerprint density at radius 3 is 2.50 bits per heavy atom. The Morgan fingerprint density at radius 1 is 1.50 bits per heavy atom. The van der Waals surface area contributed by atoms with Gasteiger partial charge in [0, 0.05) is 6.42 Å². The summed E-state index contributed by atoms with van der Waals surface area (Å²) >= 11 is 0.770. The molecule has 0 aliphatic heterocycles. The van der Waals surface area contributed by atoms with Crippen LogP contribution < -0.4 is 9.44 Å². The first-order valence-corrected chi connectivity index (χ1v) is 3.48. The van der Waals surface area contributed by atoms with Gasteiger partial charge >= 0.3 is 0 Å². The van der Waals surface area contributed by atoms with Gasteiger partial charge in [0.05, 0.1) is 12.1 Å². The first-order chi connectivity index (χ1) is 4.66. The van der Waals surface area contributed by atoms with Gasteiger partial charge in [-0.1, -0.05) is 6.92 Å². The molecule has 0 aliphatic carbocycles. The molecule has 0 aliphatic rings. The number of carbonyl (C=O) groups excluding carboxylic acids is 2. The van der Waals surface area contributed by atoms with Gasteiger partial charge in [0.2, 0.25) is 13.8 Å². The van der Waals surface area contributed by atoms with Gasteiger partial charge < -0.3 is 0 Å². The zero-order valence-electron chi connectivity index (χ0n) is 5.51. The van der Waals surface area contributed by atoms with Crippen LogP contribution in [-0.4, -0.2) is 19.6 Å². The van der Waals surface area contributed by atoms with Crippen molar-refractivity contribution in [1.82, 2.24) is 9.44 Å². The first-order valence-electron chi connectivity index (χ1n) is 2.67. The number of hydrogen-bond donors (Lipinski definition) is 2. The Balaban J connectivity index is 3.20. The Morgan fingerprint density at radius 2 is 2.10 bits per heavy atom. The number of amides is 2. The van der Waals surface area contributed by atoms with E-state index in [0.717, 1.165) is 12.1 Å². The third-order valence-electron chi connectivity index (χ3n) is 0.638. The van der Waals surface area contributed by atoms with Crippen LogP contribution in [0.25, 0.3) is 0 Å². The summed E-state index contributed by atoms with van der Waals surface area (Å²) in [6, 6.07) is 0. The van der Waals surface area contributed by atoms with Crippen LogP contribution in [-0.2, 0) is 4.79 Å². The quantitative estimate of drug-likeness (QED) is 0.447. The maximum absolute atomic E-state index is 10.5. The smallest absolute Gasteiger partial charge is 0.230 e. The Hall–Kier alpha value is -0.645. The second-order valence-corrected chi connectivity index (χ2v) is 2.06. The molecule has 0 aromatic carbocycles. The number of rotatable bonds is 3. The highest BCUT2D eigenvalue weighted by molar-refractivity contribution is 7.96. The summed E-state index contributed by atoms with van der Waals surface area (Å²) in [5.74, 6) is -0.833. The molecular formula is C4H7BN2O2S. The van der Waals surface area contributed by atoms with Gasteiger partial charge in [0.1, 0.15) is 0 Å². The van der Waals surface area contributed by atoms with Crippen molar-refractivity contribution < 1.29 is 9.59 Å². The van der Waals surface area contributed by atoms with Crippen molar-refractivity contribution in [1.29, 1.82) is 0 Å². The molecule has 0 aromatic heterocycles. The molecule has 0 bridgehead atoms. The first kappa shape index (κ1) is 9.35. The molecule has 0 saturated heterocycles. The molecule has 0 fully saturated rings. The fraction of sp³-hybridized carbons (Fsp3) is 0.500. The van der Waals surface area contributed by atoms with Crippen molar-refractivity contribution in [2.75, 3.05) is 0 Å². The number of hydrogen-bond acceptors (Lipinski definition) is 3. The molecular weight excluding hydrogens is 151 g/mol. The van der Waals surface area contributed by atoms with Gasteiger partial charge in [-0.3, -0.25) is 19.0 Å². The summed E-state index contributed by atoms with van der Waals surface area (Å²) < 4.78 is 4.46. The molecule has 54 valence electrons. The Bertz CT molecular complexity index is 141. The molecule has 0 atom stereocenters. The molecule has 0 rings (SSSR count). The minimum absolute atomic E-state index is 0.154. The minimum atomic E-state index is -0.679. The molecule has 2 radical (unpaired) electrons. The van der Waals surface area contributed by atoms with E-state index in [0.29, 0.717) is 6.42 Å². The second-order valence-electron chi connectivity index (χ2n) is 1.45. The zero-order chi connectivity index (χ0) is 7.98. The van der Waals surface area contributed by atoms with E-state index in [9.17, 15) is 9.59 Å². The number of carbonyl (C=O) groups is 2. The van der Waals surface area contributed by atoms with E-state index >= 15 is 0 Å². The Labute approximate surface area is 64.8 Å². The summed E-state index contributed by atoms with van der Waals surface area (Å²) in [5.41, 5.74) is 0. The molecule has 0 spiro atoms. The van der Waals surface area contributed by atoms with Crippen LogP contribution in [0, 0.1) is 0 Å². The predicted molar refractivity (Wildman–Crippen MR) is 40.3 cm³/mol. The SMILES string of the molecule is [B]C(=O)NSNC(=O)CC. The number of nitrogens with one attached hydrogen (secondary N) is 2. The Kier molecular flexibility index (Phi) is 4.83. The topological polar surface area (TPSA) is 58.2 Å². The average Bonchev–Trinajstić information content (AvgIpc) is 1.87. The highest BCUT2D eigenvalue weighted by Gasteiger charge is 1.95. The lowest BCUT2D eigenvalue weighted by molar-refractivity contribution is -0.118. The van der Waals surface area contributed by atoms with Crippen LogP contribution in [0.2, 0.25) is 0 Å². The summed E-state index contributed by atoms with van der Waals surface area (Å²) in [6.07, 6.45) is 0.382. The monoisotopic (exact) mass is 158 g/mol. The fourth-order valence-electron chi connectivity index (χ4n) is 0.205. The van der Waals surface area contributed by atoms with Crippen molar-refractivity contribution in [3.8, 4) is 0 Å². The molecule has 6 heteroatoms. The molecule has 0 unspecified atom stereocenters. The molecule has 2 amide bonds. The van der Waals surface area contributed by atoms with E-state index in [4.69, 9.17) is 7.85 Å². The lowest BCUT2D eigenvalue weighted by atomic mass is 10.2. The predicted octanol–water partition coefficient (Wildman–Crippen LogP) is -0.0461. The molecule has 4 nitrogen and oxygen atoms in total. The largest absolute Gasteiger partial charge is 0.292 e. The van der Waals surface area contributed by atoms with Gasteiger partial charge in [0.25, 0.3) is 0 Å². The molecule has 0 aromatic rings. The van der Waals surface area contributed by atoms with Crippen molar-refractivity contribution >= 4 is 31.7 Å². The van der Waals surface area contributed by atoms with Crippen molar-refractivity contribution in [3.05, 3.63) is 0 Å². The fourth-order valence-corrected chi connectivity index (χ4v) is 0.615. The second kappa shape index (κ2) is 5.16. The molecule has 0 saturated carbocycles.